The van der Waals surface area contributed by atoms with Gasteiger partial charge in [-0.3, -0.25) is 9.59 Å². The fourth-order valence-corrected chi connectivity index (χ4v) is 4.57. The molecule has 4 aromatic rings. The molecule has 1 aromatic heterocycles. The summed E-state index contributed by atoms with van der Waals surface area (Å²) in [6.45, 7) is 2.21. The Morgan fingerprint density at radius 3 is 2.66 bits per heavy atom. The fourth-order valence-electron chi connectivity index (χ4n) is 4.57. The van der Waals surface area contributed by atoms with Gasteiger partial charge in [-0.2, -0.15) is 0 Å². The van der Waals surface area contributed by atoms with Gasteiger partial charge in [0.05, 0.1) is 6.04 Å². The maximum atomic E-state index is 13.6. The lowest BCUT2D eigenvalue weighted by atomic mass is 9.88. The van der Waals surface area contributed by atoms with E-state index in [2.05, 4.69) is 10.3 Å². The Labute approximate surface area is 218 Å². The summed E-state index contributed by atoms with van der Waals surface area (Å²) < 4.78 is 38.2. The number of hydrogen-bond donors (Lipinski definition) is 1. The van der Waals surface area contributed by atoms with Crippen LogP contribution in [-0.4, -0.2) is 28.2 Å². The Morgan fingerprint density at radius 2 is 1.89 bits per heavy atom. The number of ether oxygens (including phenoxy) is 1. The van der Waals surface area contributed by atoms with E-state index in [-0.39, 0.29) is 48.3 Å². The summed E-state index contributed by atoms with van der Waals surface area (Å²) in [4.78, 5) is 30.8. The third-order valence-corrected chi connectivity index (χ3v) is 6.42. The van der Waals surface area contributed by atoms with E-state index in [1.807, 2.05) is 18.2 Å². The summed E-state index contributed by atoms with van der Waals surface area (Å²) >= 11 is 0. The summed E-state index contributed by atoms with van der Waals surface area (Å²) in [6, 6.07) is 17.4. The number of hydrogen-bond acceptors (Lipinski definition) is 5. The SMILES string of the molecule is CC(=O)N1CCc2ccc(OCc3nc(C(=O)NCc4cccc(F)c4)co3)cc2C1c1ccc(F)cc1. The van der Waals surface area contributed by atoms with E-state index in [1.54, 1.807) is 29.2 Å². The zero-order chi connectivity index (χ0) is 26.6. The van der Waals surface area contributed by atoms with E-state index in [0.29, 0.717) is 24.3 Å². The van der Waals surface area contributed by atoms with Gasteiger partial charge in [0, 0.05) is 20.0 Å². The molecular formula is C29H25F2N3O4. The second-order valence-corrected chi connectivity index (χ2v) is 9.00. The van der Waals surface area contributed by atoms with Gasteiger partial charge >= 0.3 is 0 Å². The van der Waals surface area contributed by atoms with Crippen LogP contribution in [0.1, 0.15) is 51.6 Å². The summed E-state index contributed by atoms with van der Waals surface area (Å²) in [5, 5.41) is 2.68. The number of halogens is 2. The molecule has 0 saturated heterocycles. The first-order chi connectivity index (χ1) is 18.4. The van der Waals surface area contributed by atoms with Gasteiger partial charge in [0.15, 0.2) is 12.3 Å². The molecule has 2 heterocycles. The molecule has 0 bridgehead atoms. The lowest BCUT2D eigenvalue weighted by Crippen LogP contribution is -2.39. The molecule has 0 saturated carbocycles. The van der Waals surface area contributed by atoms with E-state index in [9.17, 15) is 18.4 Å². The first-order valence-electron chi connectivity index (χ1n) is 12.1. The van der Waals surface area contributed by atoms with E-state index >= 15 is 0 Å². The van der Waals surface area contributed by atoms with Gasteiger partial charge in [0.2, 0.25) is 11.8 Å². The second-order valence-electron chi connectivity index (χ2n) is 9.00. The Hall–Kier alpha value is -4.53. The van der Waals surface area contributed by atoms with Gasteiger partial charge in [-0.1, -0.05) is 30.3 Å². The van der Waals surface area contributed by atoms with E-state index in [4.69, 9.17) is 9.15 Å². The molecule has 0 radical (unpaired) electrons. The van der Waals surface area contributed by atoms with Gasteiger partial charge < -0.3 is 19.4 Å². The van der Waals surface area contributed by atoms with Crippen molar-refractivity contribution < 1.29 is 27.5 Å². The van der Waals surface area contributed by atoms with Crippen molar-refractivity contribution in [1.29, 1.82) is 0 Å². The standard InChI is InChI=1S/C29H25F2N3O4/c1-18(35)34-12-11-20-7-10-24(14-25(20)28(34)21-5-8-22(30)9-6-21)37-17-27-33-26(16-38-27)29(36)32-15-19-3-2-4-23(31)13-19/h2-10,13-14,16,28H,11-12,15,17H2,1H3,(H,32,36). The van der Waals surface area contributed by atoms with Crippen LogP contribution in [0.2, 0.25) is 0 Å². The monoisotopic (exact) mass is 517 g/mol. The maximum absolute atomic E-state index is 13.6. The van der Waals surface area contributed by atoms with Crippen molar-refractivity contribution in [3.8, 4) is 5.75 Å². The number of carbonyl (C=O) groups is 2. The molecule has 5 rings (SSSR count). The van der Waals surface area contributed by atoms with Gasteiger partial charge in [-0.15, -0.1) is 0 Å². The molecule has 1 N–H and O–H groups in total. The van der Waals surface area contributed by atoms with Crippen molar-refractivity contribution in [3.05, 3.63) is 118 Å². The number of rotatable bonds is 7. The molecule has 2 amide bonds. The van der Waals surface area contributed by atoms with Crippen LogP contribution in [0.15, 0.2) is 77.4 Å². The predicted octanol–water partition coefficient (Wildman–Crippen LogP) is 4.96. The van der Waals surface area contributed by atoms with Gasteiger partial charge in [0.25, 0.3) is 5.91 Å². The average molecular weight is 518 g/mol. The summed E-state index contributed by atoms with van der Waals surface area (Å²) in [6.07, 6.45) is 1.93. The minimum Gasteiger partial charge on any atom is -0.484 e. The predicted molar refractivity (Wildman–Crippen MR) is 134 cm³/mol. The topological polar surface area (TPSA) is 84.7 Å². The fraction of sp³-hybridized carbons (Fsp3) is 0.207. The Morgan fingerprint density at radius 1 is 1.08 bits per heavy atom. The molecule has 1 atom stereocenters. The lowest BCUT2D eigenvalue weighted by molar-refractivity contribution is -0.130. The minimum atomic E-state index is -0.454. The van der Waals surface area contributed by atoms with Crippen LogP contribution in [0, 0.1) is 11.6 Å². The molecule has 1 aliphatic heterocycles. The minimum absolute atomic E-state index is 0.0202. The zero-order valence-electron chi connectivity index (χ0n) is 20.6. The van der Waals surface area contributed by atoms with Crippen LogP contribution < -0.4 is 10.1 Å². The zero-order valence-corrected chi connectivity index (χ0v) is 20.6. The first kappa shape index (κ1) is 25.1. The number of nitrogens with zero attached hydrogens (tertiary/aromatic N) is 2. The highest BCUT2D eigenvalue weighted by molar-refractivity contribution is 5.91. The molecule has 7 nitrogen and oxygen atoms in total. The van der Waals surface area contributed by atoms with Crippen molar-refractivity contribution in [1.82, 2.24) is 15.2 Å². The van der Waals surface area contributed by atoms with E-state index in [0.717, 1.165) is 16.7 Å². The van der Waals surface area contributed by atoms with Crippen LogP contribution in [-0.2, 0) is 24.4 Å². The Bertz CT molecular complexity index is 1470. The van der Waals surface area contributed by atoms with Crippen LogP contribution in [0.25, 0.3) is 0 Å². The van der Waals surface area contributed by atoms with Crippen LogP contribution in [0.3, 0.4) is 0 Å². The number of benzene rings is 3. The highest BCUT2D eigenvalue weighted by Gasteiger charge is 2.31. The van der Waals surface area contributed by atoms with Crippen molar-refractivity contribution >= 4 is 11.8 Å². The summed E-state index contributed by atoms with van der Waals surface area (Å²) in [5.74, 6) is -0.499. The summed E-state index contributed by atoms with van der Waals surface area (Å²) in [5.41, 5.74) is 3.50. The van der Waals surface area contributed by atoms with Crippen LogP contribution >= 0.6 is 0 Å². The normalized spacial score (nSPS) is 14.6. The van der Waals surface area contributed by atoms with Crippen molar-refractivity contribution in [2.24, 2.45) is 0 Å². The Balaban J connectivity index is 1.28. The van der Waals surface area contributed by atoms with Crippen LogP contribution in [0.5, 0.6) is 5.75 Å². The number of oxazole rings is 1. The average Bonchev–Trinajstić information content (AvgIpc) is 3.39. The number of carbonyl (C=O) groups excluding carboxylic acids is 2. The number of fused-ring (bicyclic) bond motifs is 1. The number of amides is 2. The Kier molecular flexibility index (Phi) is 7.17. The molecule has 194 valence electrons. The number of nitrogens with one attached hydrogen (secondary N) is 1. The molecule has 38 heavy (non-hydrogen) atoms. The second kappa shape index (κ2) is 10.8. The van der Waals surface area contributed by atoms with Gasteiger partial charge in [-0.05, 0) is 65.1 Å². The van der Waals surface area contributed by atoms with Gasteiger partial charge in [0.1, 0.15) is 23.6 Å². The van der Waals surface area contributed by atoms with Crippen molar-refractivity contribution in [3.63, 3.8) is 0 Å². The number of aromatic nitrogens is 1. The molecule has 0 spiro atoms. The van der Waals surface area contributed by atoms with Gasteiger partial charge in [-0.25, -0.2) is 13.8 Å². The molecule has 1 unspecified atom stereocenters. The quantitative estimate of drug-likeness (QED) is 0.375. The molecule has 0 fully saturated rings. The third kappa shape index (κ3) is 5.56. The molecule has 0 aliphatic carbocycles. The molecule has 9 heteroatoms. The molecule has 1 aliphatic rings. The molecular weight excluding hydrogens is 492 g/mol. The third-order valence-electron chi connectivity index (χ3n) is 6.42. The van der Waals surface area contributed by atoms with E-state index in [1.165, 1.54) is 37.5 Å². The highest BCUT2D eigenvalue weighted by atomic mass is 19.1. The van der Waals surface area contributed by atoms with Crippen molar-refractivity contribution in [2.45, 2.75) is 32.5 Å². The lowest BCUT2D eigenvalue weighted by Gasteiger charge is -2.37. The largest absolute Gasteiger partial charge is 0.484 e. The van der Waals surface area contributed by atoms with E-state index < -0.39 is 5.91 Å². The maximum Gasteiger partial charge on any atom is 0.273 e. The molecule has 3 aromatic carbocycles. The summed E-state index contributed by atoms with van der Waals surface area (Å²) in [7, 11) is 0. The first-order valence-corrected chi connectivity index (χ1v) is 12.1. The van der Waals surface area contributed by atoms with Crippen molar-refractivity contribution in [2.75, 3.05) is 6.54 Å². The van der Waals surface area contributed by atoms with Crippen LogP contribution in [0.4, 0.5) is 8.78 Å². The highest BCUT2D eigenvalue weighted by Crippen LogP contribution is 2.37. The smallest absolute Gasteiger partial charge is 0.273 e.